The Labute approximate surface area is 124 Å². The molecule has 1 aromatic carbocycles. The van der Waals surface area contributed by atoms with Gasteiger partial charge < -0.3 is 15.0 Å². The molecule has 0 spiro atoms. The summed E-state index contributed by atoms with van der Waals surface area (Å²) in [5.74, 6) is -0.00222. The molecule has 0 unspecified atom stereocenters. The zero-order valence-corrected chi connectivity index (χ0v) is 12.1. The molecule has 114 valence electrons. The minimum absolute atomic E-state index is 0.0199. The van der Waals surface area contributed by atoms with Gasteiger partial charge in [-0.1, -0.05) is 0 Å². The molecule has 4 nitrogen and oxygen atoms in total. The first kappa shape index (κ1) is 14.5. The summed E-state index contributed by atoms with van der Waals surface area (Å²) in [6.45, 7) is 4.19. The van der Waals surface area contributed by atoms with Crippen LogP contribution in [0.5, 0.6) is 0 Å². The lowest BCUT2D eigenvalue weighted by Gasteiger charge is -2.28. The van der Waals surface area contributed by atoms with Crippen LogP contribution in [0.15, 0.2) is 18.2 Å². The lowest BCUT2D eigenvalue weighted by molar-refractivity contribution is 0.0303. The molecular formula is C16H21FN2O2. The summed E-state index contributed by atoms with van der Waals surface area (Å²) < 4.78 is 19.4. The quantitative estimate of drug-likeness (QED) is 0.903. The molecule has 5 heteroatoms. The van der Waals surface area contributed by atoms with Gasteiger partial charge in [-0.05, 0) is 55.6 Å². The number of nitrogens with one attached hydrogen (secondary N) is 1. The first-order valence-electron chi connectivity index (χ1n) is 7.63. The van der Waals surface area contributed by atoms with E-state index in [4.69, 9.17) is 4.74 Å². The highest BCUT2D eigenvalue weighted by molar-refractivity contribution is 5.94. The fourth-order valence-corrected chi connectivity index (χ4v) is 3.07. The van der Waals surface area contributed by atoms with E-state index in [0.29, 0.717) is 37.4 Å². The van der Waals surface area contributed by atoms with Gasteiger partial charge in [0.25, 0.3) is 5.91 Å². The second-order valence-electron chi connectivity index (χ2n) is 5.67. The number of morpholine rings is 1. The average Bonchev–Trinajstić information content (AvgIpc) is 2.56. The highest BCUT2D eigenvalue weighted by atomic mass is 19.1. The Kier molecular flexibility index (Phi) is 4.51. The molecule has 0 radical (unpaired) electrons. The van der Waals surface area contributed by atoms with Gasteiger partial charge in [0.2, 0.25) is 0 Å². The molecule has 2 heterocycles. The minimum Gasteiger partial charge on any atom is -0.378 e. The highest BCUT2D eigenvalue weighted by Crippen LogP contribution is 2.28. The molecule has 1 amide bonds. The van der Waals surface area contributed by atoms with Gasteiger partial charge in [0.15, 0.2) is 0 Å². The van der Waals surface area contributed by atoms with Crippen molar-refractivity contribution in [1.82, 2.24) is 10.2 Å². The number of hydrogen-bond acceptors (Lipinski definition) is 3. The van der Waals surface area contributed by atoms with E-state index in [9.17, 15) is 9.18 Å². The van der Waals surface area contributed by atoms with Gasteiger partial charge in [-0.25, -0.2) is 4.39 Å². The van der Waals surface area contributed by atoms with Gasteiger partial charge in [-0.2, -0.15) is 0 Å². The van der Waals surface area contributed by atoms with E-state index in [1.165, 1.54) is 6.07 Å². The number of nitrogens with zero attached hydrogens (tertiary/aromatic N) is 1. The molecular weight excluding hydrogens is 271 g/mol. The molecule has 2 saturated heterocycles. The van der Waals surface area contributed by atoms with Crippen molar-refractivity contribution in [2.75, 3.05) is 39.4 Å². The van der Waals surface area contributed by atoms with Crippen molar-refractivity contribution in [1.29, 1.82) is 0 Å². The van der Waals surface area contributed by atoms with Gasteiger partial charge in [-0.15, -0.1) is 0 Å². The van der Waals surface area contributed by atoms with E-state index in [1.54, 1.807) is 17.0 Å². The average molecular weight is 292 g/mol. The van der Waals surface area contributed by atoms with Crippen molar-refractivity contribution in [3.8, 4) is 0 Å². The Bertz CT molecular complexity index is 509. The van der Waals surface area contributed by atoms with Gasteiger partial charge in [-0.3, -0.25) is 4.79 Å². The largest absolute Gasteiger partial charge is 0.378 e. The molecule has 2 fully saturated rings. The smallest absolute Gasteiger partial charge is 0.254 e. The molecule has 1 N–H and O–H groups in total. The zero-order valence-electron chi connectivity index (χ0n) is 12.1. The van der Waals surface area contributed by atoms with E-state index in [0.717, 1.165) is 25.9 Å². The van der Waals surface area contributed by atoms with Crippen LogP contribution < -0.4 is 5.32 Å². The van der Waals surface area contributed by atoms with Gasteiger partial charge in [0.1, 0.15) is 5.82 Å². The fraction of sp³-hybridized carbons (Fsp3) is 0.562. The molecule has 0 atom stereocenters. The standard InChI is InChI=1S/C16H21FN2O2/c17-15-2-1-13(16(20)19-7-9-21-10-8-19)11-14(15)12-3-5-18-6-4-12/h1-2,11-12,18H,3-10H2. The molecule has 0 aromatic heterocycles. The topological polar surface area (TPSA) is 41.6 Å². The lowest BCUT2D eigenvalue weighted by atomic mass is 9.89. The van der Waals surface area contributed by atoms with Crippen LogP contribution in [0.1, 0.15) is 34.7 Å². The minimum atomic E-state index is -0.194. The van der Waals surface area contributed by atoms with E-state index in [2.05, 4.69) is 5.32 Å². The summed E-state index contributed by atoms with van der Waals surface area (Å²) in [7, 11) is 0. The summed E-state index contributed by atoms with van der Waals surface area (Å²) in [5, 5.41) is 3.28. The number of amides is 1. The molecule has 0 bridgehead atoms. The van der Waals surface area contributed by atoms with Crippen molar-refractivity contribution >= 4 is 5.91 Å². The normalized spacial score (nSPS) is 20.5. The number of rotatable bonds is 2. The predicted octanol–water partition coefficient (Wildman–Crippen LogP) is 1.77. The maximum atomic E-state index is 14.1. The van der Waals surface area contributed by atoms with Crippen LogP contribution in [0.25, 0.3) is 0 Å². The first-order chi connectivity index (χ1) is 10.3. The third-order valence-electron chi connectivity index (χ3n) is 4.32. The summed E-state index contributed by atoms with van der Waals surface area (Å²) >= 11 is 0. The fourth-order valence-electron chi connectivity index (χ4n) is 3.07. The highest BCUT2D eigenvalue weighted by Gasteiger charge is 2.23. The van der Waals surface area contributed by atoms with Crippen molar-refractivity contribution < 1.29 is 13.9 Å². The Morgan fingerprint density at radius 3 is 2.67 bits per heavy atom. The van der Waals surface area contributed by atoms with Gasteiger partial charge >= 0.3 is 0 Å². The van der Waals surface area contributed by atoms with E-state index in [-0.39, 0.29) is 17.6 Å². The first-order valence-corrected chi connectivity index (χ1v) is 7.63. The SMILES string of the molecule is O=C(c1ccc(F)c(C2CCNCC2)c1)N1CCOCC1. The number of piperidine rings is 1. The van der Waals surface area contributed by atoms with Crippen LogP contribution in [0.2, 0.25) is 0 Å². The second-order valence-corrected chi connectivity index (χ2v) is 5.67. The Hall–Kier alpha value is -1.46. The maximum Gasteiger partial charge on any atom is 0.254 e. The molecule has 2 aliphatic rings. The number of hydrogen-bond donors (Lipinski definition) is 1. The number of halogens is 1. The summed E-state index contributed by atoms with van der Waals surface area (Å²) in [6.07, 6.45) is 1.85. The van der Waals surface area contributed by atoms with Crippen LogP contribution in [-0.2, 0) is 4.74 Å². The zero-order chi connectivity index (χ0) is 14.7. The van der Waals surface area contributed by atoms with Crippen molar-refractivity contribution in [3.63, 3.8) is 0 Å². The molecule has 1 aromatic rings. The summed E-state index contributed by atoms with van der Waals surface area (Å²) in [6, 6.07) is 4.78. The van der Waals surface area contributed by atoms with E-state index < -0.39 is 0 Å². The Morgan fingerprint density at radius 1 is 1.24 bits per heavy atom. The molecule has 0 aliphatic carbocycles. The van der Waals surface area contributed by atoms with Crippen LogP contribution >= 0.6 is 0 Å². The van der Waals surface area contributed by atoms with Crippen molar-refractivity contribution in [2.45, 2.75) is 18.8 Å². The van der Waals surface area contributed by atoms with Gasteiger partial charge in [0.05, 0.1) is 13.2 Å². The van der Waals surface area contributed by atoms with Gasteiger partial charge in [0, 0.05) is 18.7 Å². The number of carbonyl (C=O) groups excluding carboxylic acids is 1. The number of carbonyl (C=O) groups is 1. The molecule has 3 rings (SSSR count). The second kappa shape index (κ2) is 6.54. The van der Waals surface area contributed by atoms with Crippen LogP contribution in [0.3, 0.4) is 0 Å². The number of ether oxygens (including phenoxy) is 1. The van der Waals surface area contributed by atoms with Crippen molar-refractivity contribution in [3.05, 3.63) is 35.1 Å². The Balaban J connectivity index is 1.80. The van der Waals surface area contributed by atoms with Crippen LogP contribution in [0, 0.1) is 5.82 Å². The van der Waals surface area contributed by atoms with Crippen molar-refractivity contribution in [2.24, 2.45) is 0 Å². The summed E-state index contributed by atoms with van der Waals surface area (Å²) in [5.41, 5.74) is 1.28. The lowest BCUT2D eigenvalue weighted by Crippen LogP contribution is -2.40. The molecule has 0 saturated carbocycles. The van der Waals surface area contributed by atoms with E-state index in [1.807, 2.05) is 0 Å². The summed E-state index contributed by atoms with van der Waals surface area (Å²) in [4.78, 5) is 14.3. The molecule has 2 aliphatic heterocycles. The van der Waals surface area contributed by atoms with Crippen LogP contribution in [0.4, 0.5) is 4.39 Å². The molecule has 21 heavy (non-hydrogen) atoms. The monoisotopic (exact) mass is 292 g/mol. The maximum absolute atomic E-state index is 14.1. The van der Waals surface area contributed by atoms with Crippen LogP contribution in [-0.4, -0.2) is 50.2 Å². The third kappa shape index (κ3) is 3.24. The van der Waals surface area contributed by atoms with E-state index >= 15 is 0 Å². The Morgan fingerprint density at radius 2 is 1.95 bits per heavy atom. The third-order valence-corrected chi connectivity index (χ3v) is 4.32. The number of benzene rings is 1. The predicted molar refractivity (Wildman–Crippen MR) is 78.0 cm³/mol.